The number of H-pyrrole nitrogens is 2. The molecule has 8 heteroatoms. The van der Waals surface area contributed by atoms with Crippen LogP contribution in [0.25, 0.3) is 89.7 Å². The largest absolute Gasteiger partial charge is 0.324 e. The topological polar surface area (TPSA) is 109 Å². The molecular formula is C36H26N8. The van der Waals surface area contributed by atoms with E-state index in [1.807, 2.05) is 72.8 Å². The molecule has 4 aromatic carbocycles. The highest BCUT2D eigenvalue weighted by molar-refractivity contribution is 6.06. The molecule has 2 aliphatic rings. The van der Waals surface area contributed by atoms with Crippen LogP contribution in [-0.2, 0) is 5.41 Å². The first kappa shape index (κ1) is 24.8. The SMILES string of the molecule is CC(C)(C)c1ccc2c3nc4nc(nc5[nH]c(nc6nc(nc([nH]3)c2c1)-c1ccccc1-6)c1ccccc51)-c1ccccc1-4. The van der Waals surface area contributed by atoms with E-state index in [2.05, 4.69) is 48.9 Å². The van der Waals surface area contributed by atoms with Gasteiger partial charge in [0, 0.05) is 43.8 Å². The lowest BCUT2D eigenvalue weighted by atomic mass is 9.86. The van der Waals surface area contributed by atoms with Gasteiger partial charge in [-0.1, -0.05) is 106 Å². The van der Waals surface area contributed by atoms with Crippen molar-refractivity contribution in [2.45, 2.75) is 26.2 Å². The maximum Gasteiger partial charge on any atom is 0.164 e. The van der Waals surface area contributed by atoms with E-state index in [4.69, 9.17) is 29.9 Å². The molecule has 0 fully saturated rings. The number of aromatic amines is 2. The van der Waals surface area contributed by atoms with Crippen LogP contribution in [0.3, 0.4) is 0 Å². The Balaban J connectivity index is 1.49. The Morgan fingerprint density at radius 3 is 1.18 bits per heavy atom. The molecule has 0 saturated carbocycles. The molecule has 5 heterocycles. The normalized spacial score (nSPS) is 12.4. The smallest absolute Gasteiger partial charge is 0.164 e. The van der Waals surface area contributed by atoms with Gasteiger partial charge in [0.2, 0.25) is 0 Å². The van der Waals surface area contributed by atoms with Crippen LogP contribution >= 0.6 is 0 Å². The monoisotopic (exact) mass is 570 g/mol. The number of benzene rings is 4. The summed E-state index contributed by atoms with van der Waals surface area (Å²) in [6, 6.07) is 30.8. The van der Waals surface area contributed by atoms with Gasteiger partial charge in [0.05, 0.1) is 0 Å². The number of aromatic nitrogens is 8. The lowest BCUT2D eigenvalue weighted by Gasteiger charge is -2.18. The van der Waals surface area contributed by atoms with Gasteiger partial charge in [-0.05, 0) is 17.0 Å². The van der Waals surface area contributed by atoms with Crippen molar-refractivity contribution in [1.29, 1.82) is 0 Å². The van der Waals surface area contributed by atoms with Crippen LogP contribution in [0.4, 0.5) is 0 Å². The molecule has 2 N–H and O–H groups in total. The lowest BCUT2D eigenvalue weighted by Crippen LogP contribution is -2.10. The second kappa shape index (κ2) is 8.87. The first-order valence-corrected chi connectivity index (χ1v) is 14.7. The predicted octanol–water partition coefficient (Wildman–Crippen LogP) is 8.17. The van der Waals surface area contributed by atoms with Gasteiger partial charge >= 0.3 is 0 Å². The number of fused-ring (bicyclic) bond motifs is 20. The molecule has 8 nitrogen and oxygen atoms in total. The van der Waals surface area contributed by atoms with Crippen LogP contribution in [-0.4, -0.2) is 39.9 Å². The second-order valence-electron chi connectivity index (χ2n) is 12.3. The summed E-state index contributed by atoms with van der Waals surface area (Å²) < 4.78 is 0. The maximum atomic E-state index is 5.14. The number of hydrogen-bond acceptors (Lipinski definition) is 6. The third kappa shape index (κ3) is 3.70. The minimum atomic E-state index is -0.0378. The highest BCUT2D eigenvalue weighted by atomic mass is 15.1. The van der Waals surface area contributed by atoms with Gasteiger partial charge in [-0.3, -0.25) is 0 Å². The highest BCUT2D eigenvalue weighted by Crippen LogP contribution is 2.37. The van der Waals surface area contributed by atoms with Gasteiger partial charge < -0.3 is 9.97 Å². The summed E-state index contributed by atoms with van der Waals surface area (Å²) in [6.07, 6.45) is 0. The van der Waals surface area contributed by atoms with E-state index in [-0.39, 0.29) is 5.41 Å². The van der Waals surface area contributed by atoms with E-state index in [9.17, 15) is 0 Å². The summed E-state index contributed by atoms with van der Waals surface area (Å²) >= 11 is 0. The van der Waals surface area contributed by atoms with E-state index < -0.39 is 0 Å². The Hall–Kier alpha value is -5.76. The van der Waals surface area contributed by atoms with Gasteiger partial charge in [0.25, 0.3) is 0 Å². The third-order valence-corrected chi connectivity index (χ3v) is 8.42. The standard InChI is InChI=1S/C36H26N8/c1-36(2,3)19-16-17-26-27(18-19)35-43-33-25-15-9-8-14-24(25)31(41-33)39-29-21-11-5-4-10-20(21)28(37-29)38-30-22-12-6-7-13-23(22)32(40-30)42-34(26)44-35/h4-18H,1-3H3,(H2,37,38,39,40,41,42,43,44). The molecule has 2 aliphatic heterocycles. The first-order chi connectivity index (χ1) is 21.4. The molecule has 9 rings (SSSR count). The number of nitrogens with one attached hydrogen (secondary N) is 2. The molecule has 8 bridgehead atoms. The van der Waals surface area contributed by atoms with Crippen molar-refractivity contribution in [3.63, 3.8) is 0 Å². The summed E-state index contributed by atoms with van der Waals surface area (Å²) in [5.41, 5.74) is 7.64. The quantitative estimate of drug-likeness (QED) is 0.190. The first-order valence-electron chi connectivity index (χ1n) is 14.7. The molecule has 44 heavy (non-hydrogen) atoms. The van der Waals surface area contributed by atoms with E-state index in [0.29, 0.717) is 45.9 Å². The van der Waals surface area contributed by atoms with Crippen LogP contribution in [0.2, 0.25) is 0 Å². The van der Waals surface area contributed by atoms with Crippen LogP contribution in [0, 0.1) is 0 Å². The molecule has 3 aromatic heterocycles. The van der Waals surface area contributed by atoms with Gasteiger partial charge in [0.1, 0.15) is 22.6 Å². The van der Waals surface area contributed by atoms with E-state index >= 15 is 0 Å². The van der Waals surface area contributed by atoms with Crippen molar-refractivity contribution >= 4 is 44.1 Å². The zero-order valence-corrected chi connectivity index (χ0v) is 24.3. The Labute approximate surface area is 252 Å². The van der Waals surface area contributed by atoms with Crippen molar-refractivity contribution in [1.82, 2.24) is 39.9 Å². The fraction of sp³-hybridized carbons (Fsp3) is 0.111. The molecule has 7 aromatic rings. The van der Waals surface area contributed by atoms with E-state index in [1.54, 1.807) is 0 Å². The Kier molecular flexibility index (Phi) is 5.00. The van der Waals surface area contributed by atoms with Crippen LogP contribution in [0.5, 0.6) is 0 Å². The van der Waals surface area contributed by atoms with E-state index in [0.717, 1.165) is 43.8 Å². The molecule has 210 valence electrons. The number of rotatable bonds is 0. The molecule has 0 unspecified atom stereocenters. The van der Waals surface area contributed by atoms with Crippen molar-refractivity contribution in [2.75, 3.05) is 0 Å². The predicted molar refractivity (Wildman–Crippen MR) is 175 cm³/mol. The average molecular weight is 571 g/mol. The maximum absolute atomic E-state index is 5.14. The molecule has 0 radical (unpaired) electrons. The summed E-state index contributed by atoms with van der Waals surface area (Å²) in [5.74, 6) is 2.39. The number of hydrogen-bond donors (Lipinski definition) is 2. The van der Waals surface area contributed by atoms with Crippen molar-refractivity contribution in [3.05, 3.63) is 96.6 Å². The second-order valence-corrected chi connectivity index (χ2v) is 12.3. The Bertz CT molecular complexity index is 2490. The van der Waals surface area contributed by atoms with Gasteiger partial charge in [-0.25, -0.2) is 29.9 Å². The van der Waals surface area contributed by atoms with E-state index in [1.165, 1.54) is 5.56 Å². The van der Waals surface area contributed by atoms with Crippen molar-refractivity contribution in [3.8, 4) is 45.6 Å². The lowest BCUT2D eigenvalue weighted by molar-refractivity contribution is 0.591. The zero-order chi connectivity index (χ0) is 29.6. The molecule has 0 aliphatic carbocycles. The van der Waals surface area contributed by atoms with Crippen molar-refractivity contribution in [2.24, 2.45) is 0 Å². The summed E-state index contributed by atoms with van der Waals surface area (Å²) in [7, 11) is 0. The van der Waals surface area contributed by atoms with Crippen LogP contribution in [0.1, 0.15) is 26.3 Å². The molecular weight excluding hydrogens is 544 g/mol. The third-order valence-electron chi connectivity index (χ3n) is 8.42. The van der Waals surface area contributed by atoms with Crippen molar-refractivity contribution < 1.29 is 0 Å². The minimum Gasteiger partial charge on any atom is -0.324 e. The zero-order valence-electron chi connectivity index (χ0n) is 24.3. The van der Waals surface area contributed by atoms with Gasteiger partial charge in [0.15, 0.2) is 23.3 Å². The summed E-state index contributed by atoms with van der Waals surface area (Å²) in [5, 5.41) is 3.85. The molecule has 0 atom stereocenters. The highest BCUT2D eigenvalue weighted by Gasteiger charge is 2.22. The van der Waals surface area contributed by atoms with Crippen LogP contribution < -0.4 is 0 Å². The fourth-order valence-corrected chi connectivity index (χ4v) is 6.11. The number of nitrogens with zero attached hydrogens (tertiary/aromatic N) is 6. The molecule has 0 spiro atoms. The summed E-state index contributed by atoms with van der Waals surface area (Å²) in [6.45, 7) is 6.64. The molecule has 0 amide bonds. The van der Waals surface area contributed by atoms with Gasteiger partial charge in [-0.2, -0.15) is 0 Å². The Morgan fingerprint density at radius 2 is 0.773 bits per heavy atom. The molecule has 0 saturated heterocycles. The Morgan fingerprint density at radius 1 is 0.409 bits per heavy atom. The fourth-order valence-electron chi connectivity index (χ4n) is 6.11. The van der Waals surface area contributed by atoms with Gasteiger partial charge in [-0.15, -0.1) is 0 Å². The average Bonchev–Trinajstić information content (AvgIpc) is 3.76. The minimum absolute atomic E-state index is 0.0378. The van der Waals surface area contributed by atoms with Crippen LogP contribution in [0.15, 0.2) is 91.0 Å². The summed E-state index contributed by atoms with van der Waals surface area (Å²) in [4.78, 5) is 37.3.